The number of aromatic nitrogens is 1. The molecule has 0 saturated heterocycles. The number of aromatic hydroxyl groups is 1. The van der Waals surface area contributed by atoms with Crippen LogP contribution in [0.15, 0.2) is 48.5 Å². The van der Waals surface area contributed by atoms with E-state index in [1.165, 1.54) is 0 Å². The lowest BCUT2D eigenvalue weighted by atomic mass is 9.78. The van der Waals surface area contributed by atoms with Gasteiger partial charge < -0.3 is 15.1 Å². The van der Waals surface area contributed by atoms with Gasteiger partial charge in [0.1, 0.15) is 5.75 Å². The van der Waals surface area contributed by atoms with Crippen molar-refractivity contribution in [1.29, 1.82) is 0 Å². The van der Waals surface area contributed by atoms with Crippen LogP contribution in [0.1, 0.15) is 28.3 Å². The van der Waals surface area contributed by atoms with Crippen LogP contribution in [0.3, 0.4) is 0 Å². The van der Waals surface area contributed by atoms with E-state index in [2.05, 4.69) is 12.1 Å². The molecule has 3 aromatic rings. The van der Waals surface area contributed by atoms with E-state index in [-0.39, 0.29) is 5.92 Å². The number of fused-ring (bicyclic) bond motifs is 2. The Hall–Kier alpha value is -2.43. The first-order valence-electron chi connectivity index (χ1n) is 9.04. The molecule has 1 aliphatic rings. The molecule has 0 aliphatic heterocycles. The van der Waals surface area contributed by atoms with E-state index < -0.39 is 6.10 Å². The third-order valence-electron chi connectivity index (χ3n) is 5.26. The zero-order valence-electron chi connectivity index (χ0n) is 15.2. The summed E-state index contributed by atoms with van der Waals surface area (Å²) in [4.78, 5) is 6.89. The Kier molecular flexibility index (Phi) is 4.39. The third kappa shape index (κ3) is 3.06. The average Bonchev–Trinajstić information content (AvgIpc) is 2.61. The van der Waals surface area contributed by atoms with Gasteiger partial charge in [0.05, 0.1) is 11.6 Å². The normalized spacial score (nSPS) is 19.7. The van der Waals surface area contributed by atoms with Crippen LogP contribution < -0.4 is 0 Å². The molecule has 0 bridgehead atoms. The molecule has 0 fully saturated rings. The number of phenols is 1. The summed E-state index contributed by atoms with van der Waals surface area (Å²) in [5, 5.41) is 22.4. The Morgan fingerprint density at radius 2 is 1.88 bits per heavy atom. The fourth-order valence-corrected chi connectivity index (χ4v) is 4.01. The number of hydrogen-bond acceptors (Lipinski definition) is 4. The molecule has 2 aromatic carbocycles. The fourth-order valence-electron chi connectivity index (χ4n) is 4.01. The molecule has 0 spiro atoms. The van der Waals surface area contributed by atoms with Crippen LogP contribution in [0.25, 0.3) is 10.9 Å². The van der Waals surface area contributed by atoms with Crippen molar-refractivity contribution in [3.63, 3.8) is 0 Å². The largest absolute Gasteiger partial charge is 0.508 e. The number of aliphatic hydroxyl groups excluding tert-OH is 1. The topological polar surface area (TPSA) is 56.6 Å². The van der Waals surface area contributed by atoms with Gasteiger partial charge in [-0.3, -0.25) is 4.98 Å². The summed E-state index contributed by atoms with van der Waals surface area (Å²) in [5.41, 5.74) is 5.09. The van der Waals surface area contributed by atoms with Crippen molar-refractivity contribution >= 4 is 10.9 Å². The van der Waals surface area contributed by atoms with Crippen molar-refractivity contribution in [1.82, 2.24) is 9.88 Å². The van der Waals surface area contributed by atoms with E-state index in [4.69, 9.17) is 4.98 Å². The second kappa shape index (κ2) is 6.71. The summed E-state index contributed by atoms with van der Waals surface area (Å²) in [5.74, 6) is 0.235. The Morgan fingerprint density at radius 3 is 2.69 bits per heavy atom. The monoisotopic (exact) mass is 348 g/mol. The summed E-state index contributed by atoms with van der Waals surface area (Å²) < 4.78 is 0. The number of para-hydroxylation sites is 1. The minimum Gasteiger partial charge on any atom is -0.508 e. The van der Waals surface area contributed by atoms with Crippen molar-refractivity contribution in [2.75, 3.05) is 14.1 Å². The molecule has 26 heavy (non-hydrogen) atoms. The molecule has 2 unspecified atom stereocenters. The van der Waals surface area contributed by atoms with E-state index in [0.717, 1.165) is 33.3 Å². The zero-order valence-corrected chi connectivity index (χ0v) is 15.2. The maximum Gasteiger partial charge on any atom is 0.120 e. The number of nitrogens with zero attached hydrogens (tertiary/aromatic N) is 2. The van der Waals surface area contributed by atoms with Crippen LogP contribution in [-0.2, 0) is 19.4 Å². The first-order valence-corrected chi connectivity index (χ1v) is 9.04. The first kappa shape index (κ1) is 17.0. The summed E-state index contributed by atoms with van der Waals surface area (Å²) in [6, 6.07) is 15.9. The molecule has 4 heteroatoms. The van der Waals surface area contributed by atoms with Crippen LogP contribution in [0.5, 0.6) is 5.75 Å². The number of phenolic OH excluding ortho intramolecular Hbond substituents is 1. The van der Waals surface area contributed by atoms with Gasteiger partial charge >= 0.3 is 0 Å². The third-order valence-corrected chi connectivity index (χ3v) is 5.26. The fraction of sp³-hybridized carbons (Fsp3) is 0.318. The van der Waals surface area contributed by atoms with Gasteiger partial charge in [-0.2, -0.15) is 0 Å². The lowest BCUT2D eigenvalue weighted by Crippen LogP contribution is -2.30. The highest BCUT2D eigenvalue weighted by molar-refractivity contribution is 5.79. The lowest BCUT2D eigenvalue weighted by molar-refractivity contribution is 0.133. The molecular weight excluding hydrogens is 324 g/mol. The van der Waals surface area contributed by atoms with Crippen LogP contribution in [-0.4, -0.2) is 40.3 Å². The first-order chi connectivity index (χ1) is 12.5. The second-order valence-electron chi connectivity index (χ2n) is 7.45. The van der Waals surface area contributed by atoms with Gasteiger partial charge in [0.2, 0.25) is 0 Å². The van der Waals surface area contributed by atoms with E-state index in [1.54, 1.807) is 6.07 Å². The van der Waals surface area contributed by atoms with Gasteiger partial charge in [-0.05, 0) is 49.8 Å². The lowest BCUT2D eigenvalue weighted by Gasteiger charge is -2.31. The van der Waals surface area contributed by atoms with E-state index in [1.807, 2.05) is 49.3 Å². The predicted octanol–water partition coefficient (Wildman–Crippen LogP) is 3.25. The van der Waals surface area contributed by atoms with Gasteiger partial charge in [-0.1, -0.05) is 30.3 Å². The number of hydrogen-bond donors (Lipinski definition) is 2. The molecule has 1 aliphatic carbocycles. The molecule has 1 aromatic heterocycles. The molecule has 2 atom stereocenters. The van der Waals surface area contributed by atoms with Gasteiger partial charge in [-0.15, -0.1) is 0 Å². The average molecular weight is 348 g/mol. The SMILES string of the molecule is CN(C)Cc1c(O)cccc1C1Cc2nc3ccccc3cc2CC1O. The number of rotatable bonds is 3. The summed E-state index contributed by atoms with van der Waals surface area (Å²) in [6.07, 6.45) is 0.799. The van der Waals surface area contributed by atoms with Crippen molar-refractivity contribution in [2.45, 2.75) is 31.4 Å². The molecule has 0 saturated carbocycles. The molecule has 0 amide bonds. The molecule has 134 valence electrons. The molecule has 4 rings (SSSR count). The second-order valence-corrected chi connectivity index (χ2v) is 7.45. The van der Waals surface area contributed by atoms with Gasteiger partial charge in [-0.25, -0.2) is 0 Å². The minimum atomic E-state index is -0.479. The highest BCUT2D eigenvalue weighted by Crippen LogP contribution is 2.37. The Bertz CT molecular complexity index is 952. The Labute approximate surface area is 153 Å². The van der Waals surface area contributed by atoms with E-state index in [0.29, 0.717) is 25.1 Å². The number of pyridine rings is 1. The minimum absolute atomic E-state index is 0.0572. The Morgan fingerprint density at radius 1 is 1.08 bits per heavy atom. The molecule has 1 heterocycles. The van der Waals surface area contributed by atoms with E-state index in [9.17, 15) is 10.2 Å². The standard InChI is InChI=1S/C22H24N2O2/c1-24(2)13-18-16(7-5-9-21(18)25)17-12-20-15(11-22(17)26)10-14-6-3-4-8-19(14)23-20/h3-10,17,22,25-26H,11-13H2,1-2H3. The van der Waals surface area contributed by atoms with Crippen LogP contribution in [0.2, 0.25) is 0 Å². The summed E-state index contributed by atoms with van der Waals surface area (Å²) in [6.45, 7) is 0.642. The zero-order chi connectivity index (χ0) is 18.3. The van der Waals surface area contributed by atoms with E-state index >= 15 is 0 Å². The maximum atomic E-state index is 10.9. The quantitative estimate of drug-likeness (QED) is 0.763. The van der Waals surface area contributed by atoms with Crippen molar-refractivity contribution < 1.29 is 10.2 Å². The molecule has 4 nitrogen and oxygen atoms in total. The number of aliphatic hydroxyl groups is 1. The molecule has 2 N–H and O–H groups in total. The number of benzene rings is 2. The van der Waals surface area contributed by atoms with Crippen molar-refractivity contribution in [3.8, 4) is 5.75 Å². The summed E-state index contributed by atoms with van der Waals surface area (Å²) in [7, 11) is 3.97. The molecular formula is C22H24N2O2. The summed E-state index contributed by atoms with van der Waals surface area (Å²) >= 11 is 0. The highest BCUT2D eigenvalue weighted by Gasteiger charge is 2.31. The van der Waals surface area contributed by atoms with Gasteiger partial charge in [0.25, 0.3) is 0 Å². The van der Waals surface area contributed by atoms with Crippen molar-refractivity contribution in [2.24, 2.45) is 0 Å². The smallest absolute Gasteiger partial charge is 0.120 e. The van der Waals surface area contributed by atoms with Crippen LogP contribution in [0, 0.1) is 0 Å². The van der Waals surface area contributed by atoms with Gasteiger partial charge in [0.15, 0.2) is 0 Å². The Balaban J connectivity index is 1.76. The van der Waals surface area contributed by atoms with Crippen LogP contribution in [0.4, 0.5) is 0 Å². The van der Waals surface area contributed by atoms with Crippen molar-refractivity contribution in [3.05, 3.63) is 70.9 Å². The maximum absolute atomic E-state index is 10.9. The highest BCUT2D eigenvalue weighted by atomic mass is 16.3. The molecule has 0 radical (unpaired) electrons. The van der Waals surface area contributed by atoms with Crippen LogP contribution >= 0.6 is 0 Å². The predicted molar refractivity (Wildman–Crippen MR) is 103 cm³/mol. The van der Waals surface area contributed by atoms with Gasteiger partial charge in [0, 0.05) is 35.5 Å².